The molecule has 7 heteroatoms. The third kappa shape index (κ3) is 8.34. The molecule has 0 fully saturated rings. The molecular weight excluding hydrogens is 570 g/mol. The summed E-state index contributed by atoms with van der Waals surface area (Å²) in [5, 5.41) is 8.76. The van der Waals surface area contributed by atoms with Gasteiger partial charge in [0.25, 0.3) is 0 Å². The molecular formula is C20H22I2N2O3. The molecule has 2 aromatic rings. The fraction of sp³-hybridized carbons (Fsp3) is 0.300. The topological polar surface area (TPSA) is 85.3 Å². The minimum Gasteiger partial charge on any atom is -0.494 e. The van der Waals surface area contributed by atoms with Crippen molar-refractivity contribution < 1.29 is 14.3 Å². The van der Waals surface area contributed by atoms with Crippen molar-refractivity contribution in [2.75, 3.05) is 13.2 Å². The first-order chi connectivity index (χ1) is 12.9. The van der Waals surface area contributed by atoms with E-state index in [9.17, 15) is 4.79 Å². The molecule has 0 atom stereocenters. The molecule has 0 spiro atoms. The summed E-state index contributed by atoms with van der Waals surface area (Å²) < 4.78 is 12.6. The summed E-state index contributed by atoms with van der Waals surface area (Å²) in [6.45, 7) is 5.43. The Balaban J connectivity index is 0.000000271. The monoisotopic (exact) mass is 592 g/mol. The molecule has 0 aliphatic rings. The SMILES string of the molecule is CCCOc1ccc(I)c(C#N)c1.CCCOc1ccc(I)c(C(N)=O)c1. The highest BCUT2D eigenvalue weighted by molar-refractivity contribution is 14.1. The van der Waals surface area contributed by atoms with Crippen LogP contribution in [0.15, 0.2) is 36.4 Å². The van der Waals surface area contributed by atoms with Crippen molar-refractivity contribution in [1.29, 1.82) is 5.26 Å². The molecule has 0 aliphatic heterocycles. The maximum atomic E-state index is 11.0. The van der Waals surface area contributed by atoms with Crippen molar-refractivity contribution >= 4 is 51.1 Å². The van der Waals surface area contributed by atoms with E-state index in [0.717, 1.165) is 25.7 Å². The Morgan fingerprint density at radius 3 is 2.00 bits per heavy atom. The van der Waals surface area contributed by atoms with Crippen molar-refractivity contribution in [3.05, 3.63) is 54.7 Å². The van der Waals surface area contributed by atoms with Gasteiger partial charge in [0.1, 0.15) is 17.6 Å². The molecule has 1 amide bonds. The third-order valence-corrected chi connectivity index (χ3v) is 5.09. The quantitative estimate of drug-likeness (QED) is 0.452. The van der Waals surface area contributed by atoms with E-state index in [0.29, 0.717) is 30.1 Å². The molecule has 2 rings (SSSR count). The lowest BCUT2D eigenvalue weighted by Gasteiger charge is -2.06. The van der Waals surface area contributed by atoms with Gasteiger partial charge >= 0.3 is 0 Å². The largest absolute Gasteiger partial charge is 0.494 e. The van der Waals surface area contributed by atoms with E-state index >= 15 is 0 Å². The second kappa shape index (κ2) is 12.8. The third-order valence-electron chi connectivity index (χ3n) is 3.21. The number of nitrogens with zero attached hydrogens (tertiary/aromatic N) is 1. The molecule has 0 aliphatic carbocycles. The molecule has 0 heterocycles. The first kappa shape index (κ1) is 23.5. The van der Waals surface area contributed by atoms with Crippen LogP contribution in [0.25, 0.3) is 0 Å². The van der Waals surface area contributed by atoms with Crippen LogP contribution in [0, 0.1) is 18.5 Å². The smallest absolute Gasteiger partial charge is 0.249 e. The second-order valence-electron chi connectivity index (χ2n) is 5.46. The van der Waals surface area contributed by atoms with Gasteiger partial charge in [-0.05, 0) is 94.4 Å². The number of ether oxygens (including phenoxy) is 2. The van der Waals surface area contributed by atoms with Crippen LogP contribution in [0.3, 0.4) is 0 Å². The van der Waals surface area contributed by atoms with Crippen molar-refractivity contribution in [2.45, 2.75) is 26.7 Å². The van der Waals surface area contributed by atoms with Gasteiger partial charge in [-0.15, -0.1) is 0 Å². The molecule has 0 unspecified atom stereocenters. The lowest BCUT2D eigenvalue weighted by Crippen LogP contribution is -2.13. The van der Waals surface area contributed by atoms with Gasteiger partial charge in [0, 0.05) is 7.14 Å². The number of benzene rings is 2. The van der Waals surface area contributed by atoms with Crippen molar-refractivity contribution in [3.63, 3.8) is 0 Å². The predicted molar refractivity (Wildman–Crippen MR) is 123 cm³/mol. The molecule has 2 aromatic carbocycles. The summed E-state index contributed by atoms with van der Waals surface area (Å²) in [4.78, 5) is 11.0. The number of nitrogens with two attached hydrogens (primary N) is 1. The first-order valence-electron chi connectivity index (χ1n) is 8.47. The normalized spacial score (nSPS) is 9.59. The first-order valence-corrected chi connectivity index (χ1v) is 10.6. The number of amides is 1. The molecule has 0 bridgehead atoms. The van der Waals surface area contributed by atoms with E-state index in [1.807, 2.05) is 31.2 Å². The summed E-state index contributed by atoms with van der Waals surface area (Å²) in [6.07, 6.45) is 1.92. The molecule has 5 nitrogen and oxygen atoms in total. The van der Waals surface area contributed by atoms with E-state index in [1.165, 1.54) is 0 Å². The minimum atomic E-state index is -0.420. The van der Waals surface area contributed by atoms with Gasteiger partial charge in [-0.25, -0.2) is 0 Å². The molecule has 0 aromatic heterocycles. The second-order valence-corrected chi connectivity index (χ2v) is 7.78. The Morgan fingerprint density at radius 2 is 1.52 bits per heavy atom. The fourth-order valence-electron chi connectivity index (χ4n) is 1.90. The summed E-state index contributed by atoms with van der Waals surface area (Å²) >= 11 is 4.21. The standard InChI is InChI=1S/C10H12INO2.C10H10INO/c1-2-5-14-7-3-4-9(11)8(6-7)10(12)13;1-2-5-13-9-3-4-10(11)8(6-9)7-12/h3-4,6H,2,5H2,1H3,(H2,12,13);3-4,6H,2,5H2,1H3. The van der Waals surface area contributed by atoms with Gasteiger partial charge in [-0.2, -0.15) is 5.26 Å². The Hall–Kier alpha value is -1.54. The van der Waals surface area contributed by atoms with Crippen molar-refractivity contribution in [2.24, 2.45) is 5.73 Å². The van der Waals surface area contributed by atoms with Crippen LogP contribution < -0.4 is 15.2 Å². The molecule has 0 saturated heterocycles. The average molecular weight is 592 g/mol. The van der Waals surface area contributed by atoms with Crippen LogP contribution in [-0.4, -0.2) is 19.1 Å². The van der Waals surface area contributed by atoms with Gasteiger partial charge in [0.2, 0.25) is 5.91 Å². The molecule has 0 saturated carbocycles. The Labute approximate surface area is 187 Å². The predicted octanol–water partition coefficient (Wildman–Crippen LogP) is 5.13. The average Bonchev–Trinajstić information content (AvgIpc) is 2.67. The number of nitriles is 1. The van der Waals surface area contributed by atoms with Gasteiger partial charge < -0.3 is 15.2 Å². The zero-order valence-electron chi connectivity index (χ0n) is 15.3. The molecule has 0 radical (unpaired) electrons. The highest BCUT2D eigenvalue weighted by atomic mass is 127. The summed E-state index contributed by atoms with van der Waals surface area (Å²) in [6, 6.07) is 13.0. The van der Waals surface area contributed by atoms with Gasteiger partial charge in [-0.3, -0.25) is 4.79 Å². The van der Waals surface area contributed by atoms with Crippen LogP contribution in [0.1, 0.15) is 42.6 Å². The highest BCUT2D eigenvalue weighted by Gasteiger charge is 2.07. The lowest BCUT2D eigenvalue weighted by molar-refractivity contribution is 0.0999. The highest BCUT2D eigenvalue weighted by Crippen LogP contribution is 2.20. The maximum absolute atomic E-state index is 11.0. The van der Waals surface area contributed by atoms with Crippen molar-refractivity contribution in [1.82, 2.24) is 0 Å². The van der Waals surface area contributed by atoms with Gasteiger partial charge in [0.05, 0.1) is 24.3 Å². The number of primary amides is 1. The summed E-state index contributed by atoms with van der Waals surface area (Å²) in [5.74, 6) is 1.05. The zero-order valence-corrected chi connectivity index (χ0v) is 19.6. The molecule has 2 N–H and O–H groups in total. The van der Waals surface area contributed by atoms with E-state index in [2.05, 4.69) is 58.2 Å². The number of hydrogen-bond donors (Lipinski definition) is 1. The van der Waals surface area contributed by atoms with Gasteiger partial charge in [0.15, 0.2) is 0 Å². The summed E-state index contributed by atoms with van der Waals surface area (Å²) in [7, 11) is 0. The van der Waals surface area contributed by atoms with Crippen LogP contribution in [0.5, 0.6) is 11.5 Å². The van der Waals surface area contributed by atoms with Crippen LogP contribution in [0.2, 0.25) is 0 Å². The number of hydrogen-bond acceptors (Lipinski definition) is 4. The number of halogens is 2. The zero-order chi connectivity index (χ0) is 20.2. The number of carbonyl (C=O) groups is 1. The van der Waals surface area contributed by atoms with E-state index in [-0.39, 0.29) is 0 Å². The summed E-state index contributed by atoms with van der Waals surface area (Å²) in [5.41, 5.74) is 6.40. The number of carbonyl (C=O) groups excluding carboxylic acids is 1. The van der Waals surface area contributed by atoms with E-state index < -0.39 is 5.91 Å². The van der Waals surface area contributed by atoms with E-state index in [1.54, 1.807) is 12.1 Å². The molecule has 144 valence electrons. The number of rotatable bonds is 7. The Kier molecular flexibility index (Phi) is 11.1. The lowest BCUT2D eigenvalue weighted by atomic mass is 10.2. The van der Waals surface area contributed by atoms with Crippen LogP contribution in [0.4, 0.5) is 0 Å². The molecule has 27 heavy (non-hydrogen) atoms. The Bertz CT molecular complexity index is 804. The van der Waals surface area contributed by atoms with Crippen LogP contribution in [-0.2, 0) is 0 Å². The fourth-order valence-corrected chi connectivity index (χ4v) is 2.96. The maximum Gasteiger partial charge on any atom is 0.249 e. The van der Waals surface area contributed by atoms with Crippen molar-refractivity contribution in [3.8, 4) is 17.6 Å². The Morgan fingerprint density at radius 1 is 1.00 bits per heavy atom. The van der Waals surface area contributed by atoms with Gasteiger partial charge in [-0.1, -0.05) is 13.8 Å². The van der Waals surface area contributed by atoms with Crippen LogP contribution >= 0.6 is 45.2 Å². The minimum absolute atomic E-state index is 0.420. The van der Waals surface area contributed by atoms with E-state index in [4.69, 9.17) is 20.5 Å².